The fourth-order valence-corrected chi connectivity index (χ4v) is 1.95. The van der Waals surface area contributed by atoms with Crippen LogP contribution in [-0.2, 0) is 6.42 Å². The molecule has 15 heavy (non-hydrogen) atoms. The molecule has 0 aromatic heterocycles. The fraction of sp³-hybridized carbons (Fsp3) is 0.500. The van der Waals surface area contributed by atoms with E-state index in [1.807, 2.05) is 26.1 Å². The molecule has 1 heterocycles. The summed E-state index contributed by atoms with van der Waals surface area (Å²) in [5.74, 6) is 1.83. The van der Waals surface area contributed by atoms with E-state index in [0.717, 1.165) is 23.6 Å². The standard InChI is InChI=1S/C12H17NO2/c1-4-14-9-6-11(13-3)10-5-8(2)15-12(10)7-9/h6-8,13H,4-5H2,1-3H3/t8-/m0/s1. The Balaban J connectivity index is 2.38. The highest BCUT2D eigenvalue weighted by molar-refractivity contribution is 5.62. The Morgan fingerprint density at radius 2 is 2.33 bits per heavy atom. The molecule has 0 aliphatic carbocycles. The number of fused-ring (bicyclic) bond motifs is 1. The number of anilines is 1. The third-order valence-electron chi connectivity index (χ3n) is 2.58. The largest absolute Gasteiger partial charge is 0.494 e. The molecule has 0 saturated heterocycles. The summed E-state index contributed by atoms with van der Waals surface area (Å²) in [5.41, 5.74) is 2.37. The van der Waals surface area contributed by atoms with Crippen LogP contribution in [0.1, 0.15) is 19.4 Å². The van der Waals surface area contributed by atoms with Crippen LogP contribution >= 0.6 is 0 Å². The van der Waals surface area contributed by atoms with Gasteiger partial charge in [-0.25, -0.2) is 0 Å². The summed E-state index contributed by atoms with van der Waals surface area (Å²) in [6, 6.07) is 4.01. The minimum absolute atomic E-state index is 0.268. The van der Waals surface area contributed by atoms with Crippen molar-refractivity contribution in [2.45, 2.75) is 26.4 Å². The van der Waals surface area contributed by atoms with E-state index in [4.69, 9.17) is 9.47 Å². The molecule has 1 atom stereocenters. The summed E-state index contributed by atoms with van der Waals surface area (Å²) >= 11 is 0. The van der Waals surface area contributed by atoms with Gasteiger partial charge >= 0.3 is 0 Å². The van der Waals surface area contributed by atoms with Gasteiger partial charge in [0, 0.05) is 36.9 Å². The molecule has 0 saturated carbocycles. The second kappa shape index (κ2) is 4.01. The molecule has 2 rings (SSSR count). The maximum atomic E-state index is 5.72. The Hall–Kier alpha value is -1.38. The van der Waals surface area contributed by atoms with Crippen molar-refractivity contribution in [3.05, 3.63) is 17.7 Å². The van der Waals surface area contributed by atoms with Gasteiger partial charge in [0.2, 0.25) is 0 Å². The molecule has 0 amide bonds. The highest BCUT2D eigenvalue weighted by atomic mass is 16.5. The molecule has 1 N–H and O–H groups in total. The lowest BCUT2D eigenvalue weighted by Crippen LogP contribution is -2.05. The summed E-state index contributed by atoms with van der Waals surface area (Å²) in [4.78, 5) is 0. The molecule has 1 aromatic carbocycles. The first-order chi connectivity index (χ1) is 7.24. The van der Waals surface area contributed by atoms with Gasteiger partial charge in [-0.15, -0.1) is 0 Å². The smallest absolute Gasteiger partial charge is 0.128 e. The van der Waals surface area contributed by atoms with Crippen LogP contribution in [0, 0.1) is 0 Å². The average Bonchev–Trinajstić information content (AvgIpc) is 2.57. The number of ether oxygens (including phenoxy) is 2. The van der Waals surface area contributed by atoms with Gasteiger partial charge in [0.25, 0.3) is 0 Å². The van der Waals surface area contributed by atoms with E-state index in [9.17, 15) is 0 Å². The third-order valence-corrected chi connectivity index (χ3v) is 2.58. The maximum absolute atomic E-state index is 5.72. The Labute approximate surface area is 90.4 Å². The van der Waals surface area contributed by atoms with Gasteiger partial charge < -0.3 is 14.8 Å². The van der Waals surface area contributed by atoms with Crippen LogP contribution < -0.4 is 14.8 Å². The molecular weight excluding hydrogens is 190 g/mol. The molecular formula is C12H17NO2. The summed E-state index contributed by atoms with van der Waals surface area (Å²) in [7, 11) is 1.92. The summed E-state index contributed by atoms with van der Waals surface area (Å²) in [5, 5.41) is 3.19. The molecule has 0 spiro atoms. The van der Waals surface area contributed by atoms with E-state index in [1.165, 1.54) is 5.56 Å². The topological polar surface area (TPSA) is 30.5 Å². The van der Waals surface area contributed by atoms with E-state index >= 15 is 0 Å². The molecule has 3 heteroatoms. The van der Waals surface area contributed by atoms with Gasteiger partial charge in [-0.3, -0.25) is 0 Å². The molecule has 1 aliphatic rings. The molecule has 0 radical (unpaired) electrons. The Morgan fingerprint density at radius 3 is 3.00 bits per heavy atom. The quantitative estimate of drug-likeness (QED) is 0.825. The average molecular weight is 207 g/mol. The van der Waals surface area contributed by atoms with Crippen molar-refractivity contribution in [1.82, 2.24) is 0 Å². The molecule has 82 valence electrons. The van der Waals surface area contributed by atoms with E-state index in [1.54, 1.807) is 0 Å². The van der Waals surface area contributed by atoms with Crippen molar-refractivity contribution in [3.63, 3.8) is 0 Å². The second-order valence-corrected chi connectivity index (χ2v) is 3.76. The van der Waals surface area contributed by atoms with Gasteiger partial charge in [0.05, 0.1) is 6.61 Å². The highest BCUT2D eigenvalue weighted by Crippen LogP contribution is 2.38. The van der Waals surface area contributed by atoms with E-state index < -0.39 is 0 Å². The third kappa shape index (κ3) is 1.87. The summed E-state index contributed by atoms with van der Waals surface area (Å²) in [6.07, 6.45) is 1.24. The van der Waals surface area contributed by atoms with E-state index in [0.29, 0.717) is 6.61 Å². The van der Waals surface area contributed by atoms with E-state index in [2.05, 4.69) is 12.2 Å². The number of benzene rings is 1. The van der Waals surface area contributed by atoms with Crippen LogP contribution in [0.15, 0.2) is 12.1 Å². The monoisotopic (exact) mass is 207 g/mol. The van der Waals surface area contributed by atoms with Crippen LogP contribution in [0.5, 0.6) is 11.5 Å². The zero-order chi connectivity index (χ0) is 10.8. The van der Waals surface area contributed by atoms with Gasteiger partial charge in [-0.05, 0) is 13.8 Å². The lowest BCUT2D eigenvalue weighted by atomic mass is 10.1. The van der Waals surface area contributed by atoms with Gasteiger partial charge in [0.1, 0.15) is 17.6 Å². The SMILES string of the molecule is CCOc1cc(NC)c2c(c1)O[C@@H](C)C2. The van der Waals surface area contributed by atoms with Gasteiger partial charge in [0.15, 0.2) is 0 Å². The van der Waals surface area contributed by atoms with Crippen molar-refractivity contribution < 1.29 is 9.47 Å². The molecule has 0 fully saturated rings. The van der Waals surface area contributed by atoms with Crippen LogP contribution in [0.3, 0.4) is 0 Å². The van der Waals surface area contributed by atoms with Crippen molar-refractivity contribution >= 4 is 5.69 Å². The van der Waals surface area contributed by atoms with Crippen molar-refractivity contribution in [3.8, 4) is 11.5 Å². The normalized spacial score (nSPS) is 18.2. The Bertz CT molecular complexity index is 363. The first-order valence-corrected chi connectivity index (χ1v) is 5.38. The Kier molecular flexibility index (Phi) is 2.71. The predicted molar refractivity (Wildman–Crippen MR) is 61.0 cm³/mol. The molecule has 0 bridgehead atoms. The zero-order valence-electron chi connectivity index (χ0n) is 9.46. The van der Waals surface area contributed by atoms with Crippen molar-refractivity contribution in [2.75, 3.05) is 19.0 Å². The number of hydrogen-bond acceptors (Lipinski definition) is 3. The number of nitrogens with one attached hydrogen (secondary N) is 1. The van der Waals surface area contributed by atoms with Crippen LogP contribution in [0.2, 0.25) is 0 Å². The fourth-order valence-electron chi connectivity index (χ4n) is 1.95. The molecule has 1 aromatic rings. The first kappa shape index (κ1) is 10.1. The first-order valence-electron chi connectivity index (χ1n) is 5.38. The second-order valence-electron chi connectivity index (χ2n) is 3.76. The Morgan fingerprint density at radius 1 is 1.53 bits per heavy atom. The van der Waals surface area contributed by atoms with Crippen LogP contribution in [0.4, 0.5) is 5.69 Å². The van der Waals surface area contributed by atoms with Gasteiger partial charge in [-0.2, -0.15) is 0 Å². The summed E-state index contributed by atoms with van der Waals surface area (Å²) in [6.45, 7) is 4.74. The number of rotatable bonds is 3. The van der Waals surface area contributed by atoms with E-state index in [-0.39, 0.29) is 6.10 Å². The lowest BCUT2D eigenvalue weighted by Gasteiger charge is -2.10. The lowest BCUT2D eigenvalue weighted by molar-refractivity contribution is 0.253. The minimum Gasteiger partial charge on any atom is -0.494 e. The van der Waals surface area contributed by atoms with Crippen LogP contribution in [-0.4, -0.2) is 19.8 Å². The van der Waals surface area contributed by atoms with Crippen molar-refractivity contribution in [2.24, 2.45) is 0 Å². The van der Waals surface area contributed by atoms with Gasteiger partial charge in [-0.1, -0.05) is 0 Å². The molecule has 0 unspecified atom stereocenters. The maximum Gasteiger partial charge on any atom is 0.128 e. The number of hydrogen-bond donors (Lipinski definition) is 1. The van der Waals surface area contributed by atoms with Crippen molar-refractivity contribution in [1.29, 1.82) is 0 Å². The summed E-state index contributed by atoms with van der Waals surface area (Å²) < 4.78 is 11.2. The molecule has 1 aliphatic heterocycles. The highest BCUT2D eigenvalue weighted by Gasteiger charge is 2.22. The van der Waals surface area contributed by atoms with Crippen LogP contribution in [0.25, 0.3) is 0 Å². The predicted octanol–water partition coefficient (Wildman–Crippen LogP) is 2.45. The minimum atomic E-state index is 0.268. The zero-order valence-corrected chi connectivity index (χ0v) is 9.46. The molecule has 3 nitrogen and oxygen atoms in total.